The third-order valence-electron chi connectivity index (χ3n) is 7.48. The van der Waals surface area contributed by atoms with Crippen molar-refractivity contribution in [3.05, 3.63) is 78.0 Å². The van der Waals surface area contributed by atoms with Gasteiger partial charge in [0, 0.05) is 63.8 Å². The smallest absolute Gasteiger partial charge is 0.231 e. The summed E-state index contributed by atoms with van der Waals surface area (Å²) >= 11 is 0. The molecule has 0 spiro atoms. The lowest BCUT2D eigenvalue weighted by Crippen LogP contribution is -2.54. The van der Waals surface area contributed by atoms with Crippen LogP contribution in [0.25, 0.3) is 11.6 Å². The Hall–Kier alpha value is -4.71. The lowest BCUT2D eigenvalue weighted by atomic mass is 10.1. The van der Waals surface area contributed by atoms with E-state index in [1.807, 2.05) is 30.3 Å². The van der Waals surface area contributed by atoms with E-state index in [0.29, 0.717) is 50.8 Å². The predicted molar refractivity (Wildman–Crippen MR) is 153 cm³/mol. The van der Waals surface area contributed by atoms with Crippen LogP contribution in [0.3, 0.4) is 0 Å². The Labute approximate surface area is 242 Å². The highest BCUT2D eigenvalue weighted by molar-refractivity contribution is 5.76. The molecule has 1 amide bonds. The zero-order valence-corrected chi connectivity index (χ0v) is 23.3. The molecule has 1 atom stereocenters. The average Bonchev–Trinajstić information content (AvgIpc) is 3.71. The van der Waals surface area contributed by atoms with Gasteiger partial charge in [0.15, 0.2) is 34.7 Å². The number of imidazole rings is 1. The summed E-state index contributed by atoms with van der Waals surface area (Å²) < 4.78 is 30.4. The molecule has 1 unspecified atom stereocenters. The van der Waals surface area contributed by atoms with Crippen LogP contribution in [0.4, 0.5) is 10.2 Å². The summed E-state index contributed by atoms with van der Waals surface area (Å²) in [6.45, 7) is 3.16. The molecule has 1 saturated heterocycles. The molecule has 2 N–H and O–H groups in total. The van der Waals surface area contributed by atoms with Crippen LogP contribution in [-0.4, -0.2) is 76.9 Å². The van der Waals surface area contributed by atoms with Gasteiger partial charge in [-0.05, 0) is 47.9 Å². The molecule has 2 aromatic heterocycles. The van der Waals surface area contributed by atoms with Crippen LogP contribution in [0.2, 0.25) is 0 Å². The number of ether oxygens (including phenoxy) is 3. The molecule has 0 radical (unpaired) electrons. The fraction of sp³-hybridized carbons (Fsp3) is 0.333. The van der Waals surface area contributed by atoms with E-state index in [2.05, 4.69) is 30.1 Å². The second-order valence-corrected chi connectivity index (χ2v) is 10.2. The number of methoxy groups -OCH3 is 1. The number of aromatic amines is 1. The highest BCUT2D eigenvalue weighted by Crippen LogP contribution is 2.32. The van der Waals surface area contributed by atoms with Gasteiger partial charge in [0.05, 0.1) is 7.11 Å². The number of carbonyl (C=O) groups excluding carboxylic acids is 1. The highest BCUT2D eigenvalue weighted by atomic mass is 19.1. The van der Waals surface area contributed by atoms with Crippen LogP contribution >= 0.6 is 0 Å². The average molecular weight is 574 g/mol. The first-order chi connectivity index (χ1) is 20.6. The van der Waals surface area contributed by atoms with Crippen molar-refractivity contribution in [1.29, 1.82) is 0 Å². The second kappa shape index (κ2) is 12.4. The number of halogens is 1. The summed E-state index contributed by atoms with van der Waals surface area (Å²) in [7, 11) is 1.45. The number of rotatable bonds is 10. The molecule has 42 heavy (non-hydrogen) atoms. The molecule has 2 aliphatic heterocycles. The molecule has 12 heteroatoms. The number of nitrogens with zero attached hydrogens (tertiary/aromatic N) is 5. The molecule has 0 aliphatic carbocycles. The van der Waals surface area contributed by atoms with Crippen LogP contribution in [0.15, 0.2) is 61.1 Å². The van der Waals surface area contributed by atoms with Crippen molar-refractivity contribution in [2.24, 2.45) is 0 Å². The molecule has 218 valence electrons. The minimum atomic E-state index is -0.405. The lowest BCUT2D eigenvalue weighted by Gasteiger charge is -2.42. The standard InChI is InChI=1S/C30H32FN7O4/c1-40-24-4-3-21(14-23(24)31)17-37-12-13-38(27-7-9-33-30(36-27)29-34-10-11-35-29)18-22(37)16-28(39)32-8-6-20-2-5-25-26(15-20)42-19-41-25/h2-5,7,9-11,14-15,22H,6,8,12-13,16-19H2,1H3,(H,32,39)(H,34,35). The summed E-state index contributed by atoms with van der Waals surface area (Å²) in [6.07, 6.45) is 6.06. The quantitative estimate of drug-likeness (QED) is 0.295. The number of hydrogen-bond acceptors (Lipinski definition) is 9. The maximum absolute atomic E-state index is 14.4. The molecule has 4 heterocycles. The molecule has 0 saturated carbocycles. The maximum Gasteiger partial charge on any atom is 0.231 e. The molecule has 11 nitrogen and oxygen atoms in total. The molecule has 4 aromatic rings. The van der Waals surface area contributed by atoms with Crippen molar-refractivity contribution in [3.63, 3.8) is 0 Å². The van der Waals surface area contributed by atoms with Crippen LogP contribution in [0.1, 0.15) is 17.5 Å². The van der Waals surface area contributed by atoms with Gasteiger partial charge in [0.25, 0.3) is 0 Å². The molecule has 2 aromatic carbocycles. The first kappa shape index (κ1) is 27.5. The number of hydrogen-bond donors (Lipinski definition) is 2. The van der Waals surface area contributed by atoms with Crippen LogP contribution in [-0.2, 0) is 17.8 Å². The maximum atomic E-state index is 14.4. The van der Waals surface area contributed by atoms with Gasteiger partial charge in [-0.15, -0.1) is 0 Å². The van der Waals surface area contributed by atoms with E-state index in [-0.39, 0.29) is 30.9 Å². The van der Waals surface area contributed by atoms with E-state index in [9.17, 15) is 9.18 Å². The normalized spacial score (nSPS) is 16.4. The summed E-state index contributed by atoms with van der Waals surface area (Å²) in [6, 6.07) is 12.5. The number of anilines is 1. The fourth-order valence-electron chi connectivity index (χ4n) is 5.30. The number of aromatic nitrogens is 4. The van der Waals surface area contributed by atoms with Gasteiger partial charge in [0.2, 0.25) is 12.7 Å². The van der Waals surface area contributed by atoms with Gasteiger partial charge in [-0.3, -0.25) is 9.69 Å². The molecule has 6 rings (SSSR count). The number of carbonyl (C=O) groups is 1. The Bertz CT molecular complexity index is 1530. The van der Waals surface area contributed by atoms with Crippen molar-refractivity contribution >= 4 is 11.7 Å². The first-order valence-corrected chi connectivity index (χ1v) is 13.8. The zero-order chi connectivity index (χ0) is 28.9. The third-order valence-corrected chi connectivity index (χ3v) is 7.48. The van der Waals surface area contributed by atoms with Crippen LogP contribution < -0.4 is 24.4 Å². The number of benzene rings is 2. The van der Waals surface area contributed by atoms with E-state index in [1.54, 1.807) is 24.7 Å². The third kappa shape index (κ3) is 6.28. The molecule has 1 fully saturated rings. The predicted octanol–water partition coefficient (Wildman–Crippen LogP) is 3.18. The molecular formula is C30H32FN7O4. The largest absolute Gasteiger partial charge is 0.494 e. The first-order valence-electron chi connectivity index (χ1n) is 13.8. The van der Waals surface area contributed by atoms with E-state index in [1.165, 1.54) is 13.2 Å². The Morgan fingerprint density at radius 3 is 2.81 bits per heavy atom. The number of nitrogens with one attached hydrogen (secondary N) is 2. The van der Waals surface area contributed by atoms with Crippen molar-refractivity contribution in [2.75, 3.05) is 45.0 Å². The minimum absolute atomic E-state index is 0.0486. The van der Waals surface area contributed by atoms with Gasteiger partial charge < -0.3 is 29.4 Å². The van der Waals surface area contributed by atoms with E-state index < -0.39 is 5.82 Å². The number of fused-ring (bicyclic) bond motifs is 1. The number of piperazine rings is 1. The topological polar surface area (TPSA) is 118 Å². The van der Waals surface area contributed by atoms with Crippen LogP contribution in [0, 0.1) is 5.82 Å². The molecular weight excluding hydrogens is 541 g/mol. The summed E-state index contributed by atoms with van der Waals surface area (Å²) in [5, 5.41) is 3.07. The van der Waals surface area contributed by atoms with Gasteiger partial charge in [-0.2, -0.15) is 0 Å². The van der Waals surface area contributed by atoms with E-state index >= 15 is 0 Å². The number of amides is 1. The van der Waals surface area contributed by atoms with Gasteiger partial charge in [-0.25, -0.2) is 19.3 Å². The van der Waals surface area contributed by atoms with E-state index in [0.717, 1.165) is 28.4 Å². The summed E-state index contributed by atoms with van der Waals surface area (Å²) in [5.74, 6) is 3.08. The minimum Gasteiger partial charge on any atom is -0.494 e. The van der Waals surface area contributed by atoms with Crippen LogP contribution in [0.5, 0.6) is 17.2 Å². The van der Waals surface area contributed by atoms with Crippen molar-refractivity contribution in [3.8, 4) is 28.9 Å². The number of H-pyrrole nitrogens is 1. The Balaban J connectivity index is 1.13. The Morgan fingerprint density at radius 1 is 1.10 bits per heavy atom. The van der Waals surface area contributed by atoms with Gasteiger partial charge in [0.1, 0.15) is 5.82 Å². The van der Waals surface area contributed by atoms with Crippen molar-refractivity contribution < 1.29 is 23.4 Å². The van der Waals surface area contributed by atoms with Crippen molar-refractivity contribution in [1.82, 2.24) is 30.2 Å². The van der Waals surface area contributed by atoms with Gasteiger partial charge in [-0.1, -0.05) is 12.1 Å². The van der Waals surface area contributed by atoms with Crippen molar-refractivity contribution in [2.45, 2.75) is 25.4 Å². The Kier molecular flexibility index (Phi) is 8.13. The fourth-order valence-corrected chi connectivity index (χ4v) is 5.30. The van der Waals surface area contributed by atoms with E-state index in [4.69, 9.17) is 19.2 Å². The molecule has 0 bridgehead atoms. The zero-order valence-electron chi connectivity index (χ0n) is 23.3. The van der Waals surface area contributed by atoms with Gasteiger partial charge >= 0.3 is 0 Å². The highest BCUT2D eigenvalue weighted by Gasteiger charge is 2.30. The second-order valence-electron chi connectivity index (χ2n) is 10.2. The molecule has 2 aliphatic rings. The summed E-state index contributed by atoms with van der Waals surface area (Å²) in [4.78, 5) is 33.9. The monoisotopic (exact) mass is 573 g/mol. The lowest BCUT2D eigenvalue weighted by molar-refractivity contribution is -0.122. The SMILES string of the molecule is COc1ccc(CN2CCN(c3ccnc(-c4ncc[nH]4)n3)CC2CC(=O)NCCc2ccc3c(c2)OCO3)cc1F. The Morgan fingerprint density at radius 2 is 1.98 bits per heavy atom. The summed E-state index contributed by atoms with van der Waals surface area (Å²) in [5.41, 5.74) is 1.87.